The van der Waals surface area contributed by atoms with Gasteiger partial charge in [-0.05, 0) is 109 Å². The molecule has 0 atom stereocenters. The molecule has 466 valence electrons. The van der Waals surface area contributed by atoms with Gasteiger partial charge in [-0.1, -0.05) is 230 Å². The van der Waals surface area contributed by atoms with E-state index in [1.165, 1.54) is 38.0 Å². The molecule has 0 aliphatic rings. The van der Waals surface area contributed by atoms with Crippen molar-refractivity contribution >= 4 is 171 Å². The molecule has 0 bridgehead atoms. The molecule has 0 unspecified atom stereocenters. The van der Waals surface area contributed by atoms with Gasteiger partial charge in [0, 0.05) is 69.5 Å². The van der Waals surface area contributed by atoms with E-state index in [0.717, 1.165) is 149 Å². The summed E-state index contributed by atoms with van der Waals surface area (Å²) in [7, 11) is 0. The first-order valence-electron chi connectivity index (χ1n) is 32.2. The van der Waals surface area contributed by atoms with Gasteiger partial charge in [-0.25, -0.2) is 0 Å². The van der Waals surface area contributed by atoms with Crippen LogP contribution in [0.3, 0.4) is 0 Å². The van der Waals surface area contributed by atoms with E-state index < -0.39 is 0 Å². The third kappa shape index (κ3) is 8.82. The first-order chi connectivity index (χ1) is 47.6. The van der Waals surface area contributed by atoms with E-state index in [1.807, 2.05) is 48.5 Å². The van der Waals surface area contributed by atoms with Crippen LogP contribution in [0.4, 0.5) is 0 Å². The fraction of sp³-hybridized carbons (Fsp3) is 0.0115. The molecule has 0 saturated carbocycles. The lowest BCUT2D eigenvalue weighted by atomic mass is 10.1. The second-order valence-corrected chi connectivity index (χ2v) is 25.5. The lowest BCUT2D eigenvalue weighted by Crippen LogP contribution is -2.04. The highest BCUT2D eigenvalue weighted by molar-refractivity contribution is 14.0. The highest BCUT2D eigenvalue weighted by Gasteiger charge is 2.26. The molecule has 11 heteroatoms. The van der Waals surface area contributed by atoms with Crippen molar-refractivity contribution in [2.75, 3.05) is 0 Å². The number of para-hydroxylation sites is 10. The van der Waals surface area contributed by atoms with Crippen molar-refractivity contribution in [3.8, 4) is 51.2 Å². The maximum absolute atomic E-state index is 6.64. The Hall–Kier alpha value is -11.8. The Balaban J connectivity index is 0.000000147. The largest absolute Gasteiger partial charge is 0.455 e. The zero-order valence-electron chi connectivity index (χ0n) is 51.8. The van der Waals surface area contributed by atoms with Crippen LogP contribution < -0.4 is 0 Å². The lowest BCUT2D eigenvalue weighted by molar-refractivity contribution is 0.672. The predicted octanol–water partition coefficient (Wildman–Crippen LogP) is 24.5. The predicted molar refractivity (Wildman–Crippen MR) is 420 cm³/mol. The van der Waals surface area contributed by atoms with Crippen LogP contribution in [-0.2, 0) is 0 Å². The monoisotopic (exact) mass is 1440 g/mol. The molecule has 9 nitrogen and oxygen atoms in total. The van der Waals surface area contributed by atoms with E-state index in [-0.39, 0.29) is 31.4 Å². The number of nitrogens with zero attached hydrogens (tertiary/aromatic N) is 7. The molecular weight excluding hydrogens is 1380 g/mol. The molecule has 14 aromatic carbocycles. The van der Waals surface area contributed by atoms with Crippen LogP contribution in [0.2, 0.25) is 0 Å². The molecule has 21 aromatic rings. The molecular formula is C87H57BrIN7O2. The summed E-state index contributed by atoms with van der Waals surface area (Å²) in [4.78, 5) is 0. The first kappa shape index (κ1) is 58.8. The van der Waals surface area contributed by atoms with Gasteiger partial charge in [-0.3, -0.25) is 4.57 Å². The summed E-state index contributed by atoms with van der Waals surface area (Å²) in [6.07, 6.45) is 0. The number of rotatable bonds is 7. The highest BCUT2D eigenvalue weighted by Crippen LogP contribution is 2.46. The Morgan fingerprint density at radius 2 is 0.582 bits per heavy atom. The van der Waals surface area contributed by atoms with Crippen LogP contribution in [0.1, 0.15) is 7.43 Å². The molecule has 0 fully saturated rings. The maximum Gasteiger partial charge on any atom is 0.168 e. The van der Waals surface area contributed by atoms with Crippen LogP contribution in [0.25, 0.3) is 182 Å². The van der Waals surface area contributed by atoms with E-state index in [4.69, 9.17) is 19.0 Å². The number of aromatic nitrogens is 7. The molecule has 0 radical (unpaired) electrons. The third-order valence-corrected chi connectivity index (χ3v) is 19.9. The lowest BCUT2D eigenvalue weighted by Gasteiger charge is -2.17. The Morgan fingerprint density at radius 1 is 0.255 bits per heavy atom. The quantitative estimate of drug-likeness (QED) is 0.149. The Morgan fingerprint density at radius 3 is 1.03 bits per heavy atom. The van der Waals surface area contributed by atoms with E-state index in [0.29, 0.717) is 0 Å². The van der Waals surface area contributed by atoms with Gasteiger partial charge < -0.3 is 27.1 Å². The summed E-state index contributed by atoms with van der Waals surface area (Å²) >= 11 is 3.73. The molecule has 7 heterocycles. The summed E-state index contributed by atoms with van der Waals surface area (Å²) < 4.78 is 26.0. The van der Waals surface area contributed by atoms with E-state index in [2.05, 4.69) is 306 Å². The number of furan rings is 2. The average Bonchev–Trinajstić information content (AvgIpc) is 1.56. The van der Waals surface area contributed by atoms with Gasteiger partial charge in [0.1, 0.15) is 22.3 Å². The Bertz CT molecular complexity index is 6690. The zero-order chi connectivity index (χ0) is 63.1. The second-order valence-electron chi connectivity index (χ2n) is 24.5. The third-order valence-electron chi connectivity index (χ3n) is 19.4. The van der Waals surface area contributed by atoms with Gasteiger partial charge in [0.05, 0.1) is 83.3 Å². The van der Waals surface area contributed by atoms with Crippen molar-refractivity contribution < 1.29 is 8.83 Å². The van der Waals surface area contributed by atoms with Gasteiger partial charge in [0.15, 0.2) is 11.6 Å². The van der Waals surface area contributed by atoms with Crippen molar-refractivity contribution in [2.24, 2.45) is 0 Å². The first-order valence-corrected chi connectivity index (χ1v) is 33.0. The topological polar surface area (TPSA) is 76.7 Å². The van der Waals surface area contributed by atoms with Crippen molar-refractivity contribution in [3.63, 3.8) is 0 Å². The second kappa shape index (κ2) is 23.3. The minimum absolute atomic E-state index is 0. The van der Waals surface area contributed by atoms with Gasteiger partial charge in [0.2, 0.25) is 0 Å². The summed E-state index contributed by atoms with van der Waals surface area (Å²) in [6.45, 7) is 0. The standard InChI is InChI=1S/C50H31N5O.C36H21BrN2O.CH4.HI/c1-3-15-32(16-4-1)49-51-52-50(33-17-5-2-6-18-33)53(49)34-27-28-36-35-19-7-10-22-40(35)55(45(36)31-34)43-25-13-12-24-42(43)54-41-23-11-8-21-39(41)47-44(54)30-29-38-37-20-9-14-26-46(37)56-48(38)47;37-22-17-18-24-23-9-1-4-12-28(23)39(33(24)21-22)31-15-7-6-14-30(31)38-29-13-5-2-11-27(29)35-32(38)20-19-26-25-10-3-8-16-34(25)40-36(26)35;;/h1-31H;1-21H;1H4;1H. The van der Waals surface area contributed by atoms with Crippen molar-refractivity contribution in [2.45, 2.75) is 7.43 Å². The van der Waals surface area contributed by atoms with Crippen molar-refractivity contribution in [3.05, 3.63) is 320 Å². The molecule has 0 N–H and O–H groups in total. The van der Waals surface area contributed by atoms with Gasteiger partial charge in [-0.15, -0.1) is 34.2 Å². The van der Waals surface area contributed by atoms with Crippen LogP contribution >= 0.6 is 39.9 Å². The number of hydrogen-bond donors (Lipinski definition) is 0. The van der Waals surface area contributed by atoms with E-state index >= 15 is 0 Å². The van der Waals surface area contributed by atoms with E-state index in [9.17, 15) is 0 Å². The molecule has 0 spiro atoms. The molecule has 0 aliphatic heterocycles. The fourth-order valence-corrected chi connectivity index (χ4v) is 15.7. The van der Waals surface area contributed by atoms with Gasteiger partial charge in [0.25, 0.3) is 0 Å². The maximum atomic E-state index is 6.64. The summed E-state index contributed by atoms with van der Waals surface area (Å²) in [5.41, 5.74) is 20.1. The molecule has 21 rings (SSSR count). The number of fused-ring (bicyclic) bond motifs is 20. The summed E-state index contributed by atoms with van der Waals surface area (Å²) in [5.74, 6) is 1.57. The summed E-state index contributed by atoms with van der Waals surface area (Å²) in [5, 5.41) is 23.5. The normalized spacial score (nSPS) is 11.8. The Kier molecular flexibility index (Phi) is 14.0. The average molecular weight is 1440 g/mol. The van der Waals surface area contributed by atoms with Crippen molar-refractivity contribution in [1.82, 2.24) is 33.0 Å². The van der Waals surface area contributed by atoms with Crippen LogP contribution in [0.15, 0.2) is 329 Å². The minimum Gasteiger partial charge on any atom is -0.455 e. The van der Waals surface area contributed by atoms with Crippen LogP contribution in [-0.4, -0.2) is 33.0 Å². The summed E-state index contributed by atoms with van der Waals surface area (Å²) in [6, 6.07) is 112. The van der Waals surface area contributed by atoms with Crippen LogP contribution in [0.5, 0.6) is 0 Å². The van der Waals surface area contributed by atoms with E-state index in [1.54, 1.807) is 0 Å². The number of benzene rings is 14. The van der Waals surface area contributed by atoms with Gasteiger partial charge >= 0.3 is 0 Å². The van der Waals surface area contributed by atoms with Gasteiger partial charge in [-0.2, -0.15) is 0 Å². The number of halogens is 2. The smallest absolute Gasteiger partial charge is 0.168 e. The molecule has 0 amide bonds. The molecule has 7 aromatic heterocycles. The minimum atomic E-state index is 0. The Labute approximate surface area is 587 Å². The van der Waals surface area contributed by atoms with Crippen LogP contribution in [0, 0.1) is 0 Å². The number of hydrogen-bond acceptors (Lipinski definition) is 4. The fourth-order valence-electron chi connectivity index (χ4n) is 15.3. The molecule has 98 heavy (non-hydrogen) atoms. The highest BCUT2D eigenvalue weighted by atomic mass is 127. The zero-order valence-corrected chi connectivity index (χ0v) is 55.7. The molecule has 0 aliphatic carbocycles. The van der Waals surface area contributed by atoms with Crippen molar-refractivity contribution in [1.29, 1.82) is 0 Å². The molecule has 0 saturated heterocycles. The SMILES string of the molecule is Brc1ccc2c3ccccc3n(-c3ccccc3-n3c4ccccc4c4c5oc6ccccc6c5ccc43)c2c1.C.I.c1ccc(-c2nnc(-c3ccccc3)n2-c2ccc3c4ccccc4n(-c4ccccc4-n4c5ccccc5c5c6oc7ccccc7c6ccc54)c3c2)cc1.